The lowest BCUT2D eigenvalue weighted by molar-refractivity contribution is 0.307. The first kappa shape index (κ1) is 13.9. The topological polar surface area (TPSA) is 44.0 Å². The van der Waals surface area contributed by atoms with Crippen LogP contribution in [0, 0.1) is 23.1 Å². The second-order valence-electron chi connectivity index (χ2n) is 5.51. The van der Waals surface area contributed by atoms with Gasteiger partial charge in [0, 0.05) is 1.43 Å². The van der Waals surface area contributed by atoms with Crippen molar-refractivity contribution in [3.8, 4) is 11.8 Å². The summed E-state index contributed by atoms with van der Waals surface area (Å²) in [6.07, 6.45) is 6.97. The van der Waals surface area contributed by atoms with Gasteiger partial charge in [-0.25, -0.2) is 4.39 Å². The highest BCUT2D eigenvalue weighted by atomic mass is 19.1. The molecule has 1 aliphatic carbocycles. The van der Waals surface area contributed by atoms with Crippen molar-refractivity contribution in [3.05, 3.63) is 29.1 Å². The molecule has 1 aliphatic rings. The number of nitriles is 1. The molecule has 0 spiro atoms. The Morgan fingerprint density at radius 2 is 2.05 bits per heavy atom. The molecule has 0 aliphatic heterocycles. The third kappa shape index (κ3) is 3.07. The van der Waals surface area contributed by atoms with Gasteiger partial charge < -0.3 is 5.11 Å². The van der Waals surface area contributed by atoms with E-state index in [-0.39, 0.29) is 12.7 Å². The van der Waals surface area contributed by atoms with E-state index in [9.17, 15) is 9.50 Å². The largest absolute Gasteiger partial charge is 0.506 e. The third-order valence-corrected chi connectivity index (χ3v) is 4.22. The molecule has 0 atom stereocenters. The molecular formula is C16H22FNO. The van der Waals surface area contributed by atoms with Crippen LogP contribution >= 0.6 is 0 Å². The molecule has 0 radical (unpaired) electrons. The van der Waals surface area contributed by atoms with E-state index in [1.807, 2.05) is 0 Å². The minimum Gasteiger partial charge on any atom is -0.506 e. The van der Waals surface area contributed by atoms with Gasteiger partial charge in [0.15, 0.2) is 0 Å². The number of aromatic hydroxyl groups is 1. The van der Waals surface area contributed by atoms with E-state index < -0.39 is 5.82 Å². The number of rotatable bonds is 3. The summed E-state index contributed by atoms with van der Waals surface area (Å²) in [6, 6.07) is 4.67. The second kappa shape index (κ2) is 6.06. The molecule has 1 fully saturated rings. The molecule has 0 unspecified atom stereocenters. The maximum absolute atomic E-state index is 13.7. The normalized spacial score (nSPS) is 23.0. The highest BCUT2D eigenvalue weighted by molar-refractivity contribution is 5.46. The predicted octanol–water partition coefficient (Wildman–Crippen LogP) is 4.72. The van der Waals surface area contributed by atoms with Crippen LogP contribution in [0.2, 0.25) is 0 Å². The minimum absolute atomic E-state index is 0. The van der Waals surface area contributed by atoms with Crippen molar-refractivity contribution in [3.63, 3.8) is 0 Å². The van der Waals surface area contributed by atoms with Crippen molar-refractivity contribution in [2.45, 2.75) is 51.4 Å². The van der Waals surface area contributed by atoms with Crippen LogP contribution in [-0.4, -0.2) is 5.11 Å². The van der Waals surface area contributed by atoms with Crippen LogP contribution in [0.1, 0.15) is 63.9 Å². The number of phenolic OH excluding ortho intramolecular Hbond substituents is 1. The standard InChI is InChI=1S/C16H20FNO.H2/c1-2-3-11-4-6-12(7-5-11)13-8-15(17)14(10-18)16(19)9-13;/h8-9,11-12,19H,2-7H2,1H3;1H. The summed E-state index contributed by atoms with van der Waals surface area (Å²) in [5, 5.41) is 18.4. The van der Waals surface area contributed by atoms with Crippen LogP contribution in [0.25, 0.3) is 0 Å². The Morgan fingerprint density at radius 3 is 2.58 bits per heavy atom. The molecule has 104 valence electrons. The van der Waals surface area contributed by atoms with Crippen LogP contribution in [0.5, 0.6) is 5.75 Å². The van der Waals surface area contributed by atoms with Gasteiger partial charge in [0.1, 0.15) is 23.2 Å². The molecule has 0 amide bonds. The summed E-state index contributed by atoms with van der Waals surface area (Å²) in [5.41, 5.74) is 0.590. The Kier molecular flexibility index (Phi) is 4.42. The lowest BCUT2D eigenvalue weighted by atomic mass is 9.77. The average Bonchev–Trinajstić information content (AvgIpc) is 2.39. The molecular weight excluding hydrogens is 241 g/mol. The van der Waals surface area contributed by atoms with Crippen LogP contribution in [-0.2, 0) is 0 Å². The molecule has 2 rings (SSSR count). The Labute approximate surface area is 115 Å². The molecule has 1 saturated carbocycles. The fraction of sp³-hybridized carbons (Fsp3) is 0.562. The molecule has 0 aromatic heterocycles. The summed E-state index contributed by atoms with van der Waals surface area (Å²) < 4.78 is 13.7. The third-order valence-electron chi connectivity index (χ3n) is 4.22. The monoisotopic (exact) mass is 263 g/mol. The Bertz CT molecular complexity index is 467. The van der Waals surface area contributed by atoms with Gasteiger partial charge in [0.25, 0.3) is 0 Å². The van der Waals surface area contributed by atoms with Gasteiger partial charge >= 0.3 is 0 Å². The van der Waals surface area contributed by atoms with E-state index in [0.29, 0.717) is 5.92 Å². The summed E-state index contributed by atoms with van der Waals surface area (Å²) in [5.74, 6) is 0.292. The molecule has 1 aromatic rings. The van der Waals surface area contributed by atoms with Crippen molar-refractivity contribution in [1.82, 2.24) is 0 Å². The first-order valence-corrected chi connectivity index (χ1v) is 7.08. The van der Waals surface area contributed by atoms with Gasteiger partial charge in [0.05, 0.1) is 0 Å². The summed E-state index contributed by atoms with van der Waals surface area (Å²) >= 11 is 0. The molecule has 2 nitrogen and oxygen atoms in total. The maximum atomic E-state index is 13.7. The van der Waals surface area contributed by atoms with Crippen molar-refractivity contribution in [2.24, 2.45) is 5.92 Å². The first-order chi connectivity index (χ1) is 9.15. The number of hydrogen-bond acceptors (Lipinski definition) is 2. The SMILES string of the molecule is CCCC1CCC(c2cc(O)c(C#N)c(F)c2)CC1.[HH]. The summed E-state index contributed by atoms with van der Waals surface area (Å²) in [7, 11) is 0. The minimum atomic E-state index is -0.604. The zero-order chi connectivity index (χ0) is 13.8. The highest BCUT2D eigenvalue weighted by Crippen LogP contribution is 2.39. The number of halogens is 1. The summed E-state index contributed by atoms with van der Waals surface area (Å²) in [6.45, 7) is 2.21. The number of phenols is 1. The van der Waals surface area contributed by atoms with Crippen molar-refractivity contribution >= 4 is 0 Å². The second-order valence-corrected chi connectivity index (χ2v) is 5.51. The molecule has 19 heavy (non-hydrogen) atoms. The Morgan fingerprint density at radius 1 is 1.37 bits per heavy atom. The predicted molar refractivity (Wildman–Crippen MR) is 74.5 cm³/mol. The van der Waals surface area contributed by atoms with Gasteiger partial charge in [-0.2, -0.15) is 5.26 Å². The Hall–Kier alpha value is -1.56. The average molecular weight is 263 g/mol. The number of hydrogen-bond donors (Lipinski definition) is 1. The van der Waals surface area contributed by atoms with Gasteiger partial charge in [-0.15, -0.1) is 0 Å². The van der Waals surface area contributed by atoms with Crippen LogP contribution in [0.4, 0.5) is 4.39 Å². The van der Waals surface area contributed by atoms with Crippen LogP contribution in [0.3, 0.4) is 0 Å². The van der Waals surface area contributed by atoms with E-state index in [1.54, 1.807) is 12.1 Å². The fourth-order valence-electron chi connectivity index (χ4n) is 3.15. The Balaban J connectivity index is 0.00000200. The maximum Gasteiger partial charge on any atom is 0.145 e. The van der Waals surface area contributed by atoms with Crippen molar-refractivity contribution in [1.29, 1.82) is 5.26 Å². The van der Waals surface area contributed by atoms with Gasteiger partial charge in [-0.05, 0) is 55.2 Å². The van der Waals surface area contributed by atoms with Gasteiger partial charge in [0.2, 0.25) is 0 Å². The fourth-order valence-corrected chi connectivity index (χ4v) is 3.15. The van der Waals surface area contributed by atoms with Gasteiger partial charge in [-0.1, -0.05) is 19.8 Å². The smallest absolute Gasteiger partial charge is 0.145 e. The van der Waals surface area contributed by atoms with Crippen LogP contribution in [0.15, 0.2) is 12.1 Å². The van der Waals surface area contributed by atoms with Gasteiger partial charge in [-0.3, -0.25) is 0 Å². The number of nitrogens with zero attached hydrogens (tertiary/aromatic N) is 1. The zero-order valence-corrected chi connectivity index (χ0v) is 11.3. The van der Waals surface area contributed by atoms with E-state index in [4.69, 9.17) is 5.26 Å². The highest BCUT2D eigenvalue weighted by Gasteiger charge is 2.23. The molecule has 0 heterocycles. The molecule has 1 N–H and O–H groups in total. The molecule has 1 aromatic carbocycles. The zero-order valence-electron chi connectivity index (χ0n) is 11.3. The lowest BCUT2D eigenvalue weighted by Crippen LogP contribution is -2.13. The quantitative estimate of drug-likeness (QED) is 0.857. The van der Waals surface area contributed by atoms with E-state index in [0.717, 1.165) is 24.3 Å². The summed E-state index contributed by atoms with van der Waals surface area (Å²) in [4.78, 5) is 0. The van der Waals surface area contributed by atoms with E-state index in [1.165, 1.54) is 31.7 Å². The van der Waals surface area contributed by atoms with Crippen LogP contribution < -0.4 is 0 Å². The number of benzene rings is 1. The molecule has 0 saturated heterocycles. The first-order valence-electron chi connectivity index (χ1n) is 7.08. The van der Waals surface area contributed by atoms with Crippen molar-refractivity contribution in [2.75, 3.05) is 0 Å². The van der Waals surface area contributed by atoms with Crippen molar-refractivity contribution < 1.29 is 10.9 Å². The molecule has 0 bridgehead atoms. The lowest BCUT2D eigenvalue weighted by Gasteiger charge is -2.28. The van der Waals surface area contributed by atoms with E-state index >= 15 is 0 Å². The van der Waals surface area contributed by atoms with E-state index in [2.05, 4.69) is 6.92 Å². The molecule has 3 heteroatoms.